The molecule has 0 heterocycles. The molecule has 2 aliphatic carbocycles. The largest absolute Gasteiger partial charge is 0.591 e. The zero-order valence-electron chi connectivity index (χ0n) is 16.1. The van der Waals surface area contributed by atoms with Gasteiger partial charge < -0.3 is 4.55 Å². The minimum absolute atomic E-state index is 0.0806. The molecule has 0 N–H and O–H groups in total. The van der Waals surface area contributed by atoms with Crippen molar-refractivity contribution in [2.75, 3.05) is 0 Å². The predicted molar refractivity (Wildman–Crippen MR) is 112 cm³/mol. The second-order valence-corrected chi connectivity index (χ2v) is 11.8. The van der Waals surface area contributed by atoms with E-state index < -0.39 is 11.4 Å². The first-order chi connectivity index (χ1) is 11.7. The first-order valence-corrected chi connectivity index (χ1v) is 11.4. The maximum Gasteiger partial charge on any atom is 0.144 e. The molecule has 1 unspecified atom stereocenters. The van der Waals surface area contributed by atoms with Gasteiger partial charge in [0.2, 0.25) is 0 Å². The lowest BCUT2D eigenvalue weighted by molar-refractivity contribution is 0.152. The van der Waals surface area contributed by atoms with Crippen molar-refractivity contribution >= 4 is 33.0 Å². The van der Waals surface area contributed by atoms with Crippen LogP contribution >= 0.6 is 15.9 Å². The van der Waals surface area contributed by atoms with E-state index in [1.165, 1.54) is 30.4 Å². The van der Waals surface area contributed by atoms with Crippen molar-refractivity contribution in [2.24, 2.45) is 21.6 Å². The average molecular weight is 424 g/mol. The molecule has 25 heavy (non-hydrogen) atoms. The number of rotatable bonds is 2. The van der Waals surface area contributed by atoms with E-state index in [-0.39, 0.29) is 10.2 Å². The molecule has 2 aliphatic rings. The molecule has 0 radical (unpaired) electrons. The van der Waals surface area contributed by atoms with Crippen molar-refractivity contribution in [1.29, 1.82) is 0 Å². The summed E-state index contributed by atoms with van der Waals surface area (Å²) >= 11 is 2.40. The van der Waals surface area contributed by atoms with Crippen LogP contribution in [0.25, 0.3) is 0 Å². The Morgan fingerprint density at radius 1 is 1.36 bits per heavy atom. The normalized spacial score (nSPS) is 32.2. The topological polar surface area (TPSA) is 35.4 Å². The Balaban J connectivity index is 2.08. The molecule has 0 saturated heterocycles. The van der Waals surface area contributed by atoms with Gasteiger partial charge in [-0.25, -0.2) is 0 Å². The minimum Gasteiger partial charge on any atom is -0.591 e. The molecular formula is C21H30BrNOS. The zero-order valence-corrected chi connectivity index (χ0v) is 18.5. The summed E-state index contributed by atoms with van der Waals surface area (Å²) in [5.74, 6) is 1.51. The van der Waals surface area contributed by atoms with E-state index in [2.05, 4.69) is 48.0 Å². The van der Waals surface area contributed by atoms with Crippen LogP contribution in [0.1, 0.15) is 71.4 Å². The highest BCUT2D eigenvalue weighted by Gasteiger charge is 2.49. The molecule has 1 fully saturated rings. The monoisotopic (exact) mass is 423 g/mol. The van der Waals surface area contributed by atoms with Crippen LogP contribution < -0.4 is 0 Å². The Kier molecular flexibility index (Phi) is 5.45. The SMILES string of the molecule is CC[C@@H]1C[C@]2(CC[C@H]1C)Cc1ccc(Br)cc1/C2=N/[S+]([O-])C(C)(C)C. The Labute approximate surface area is 164 Å². The highest BCUT2D eigenvalue weighted by atomic mass is 79.9. The molecule has 0 aliphatic heterocycles. The van der Waals surface area contributed by atoms with Gasteiger partial charge in [-0.3, -0.25) is 0 Å². The van der Waals surface area contributed by atoms with E-state index in [4.69, 9.17) is 4.40 Å². The third-order valence-electron chi connectivity index (χ3n) is 6.12. The van der Waals surface area contributed by atoms with Gasteiger partial charge >= 0.3 is 0 Å². The van der Waals surface area contributed by atoms with Gasteiger partial charge in [0.05, 0.1) is 0 Å². The number of hydrogen-bond donors (Lipinski definition) is 0. The Morgan fingerprint density at radius 2 is 2.08 bits per heavy atom. The Hall–Kier alpha value is -0.320. The van der Waals surface area contributed by atoms with Crippen LogP contribution in [-0.4, -0.2) is 15.0 Å². The third kappa shape index (κ3) is 3.72. The number of hydrogen-bond acceptors (Lipinski definition) is 2. The van der Waals surface area contributed by atoms with Crippen LogP contribution in [0.5, 0.6) is 0 Å². The van der Waals surface area contributed by atoms with E-state index in [0.717, 1.165) is 34.9 Å². The summed E-state index contributed by atoms with van der Waals surface area (Å²) in [4.78, 5) is 0. The van der Waals surface area contributed by atoms with Crippen LogP contribution in [0.3, 0.4) is 0 Å². The van der Waals surface area contributed by atoms with Crippen LogP contribution in [0, 0.1) is 17.3 Å². The molecule has 138 valence electrons. The van der Waals surface area contributed by atoms with E-state index in [9.17, 15) is 4.55 Å². The minimum atomic E-state index is -1.22. The van der Waals surface area contributed by atoms with Crippen molar-refractivity contribution in [2.45, 2.75) is 71.5 Å². The van der Waals surface area contributed by atoms with Gasteiger partial charge in [-0.15, -0.1) is 0 Å². The van der Waals surface area contributed by atoms with E-state index in [1.54, 1.807) is 0 Å². The fraction of sp³-hybridized carbons (Fsp3) is 0.667. The quantitative estimate of drug-likeness (QED) is 0.529. The second kappa shape index (κ2) is 7.01. The molecule has 1 aromatic carbocycles. The highest BCUT2D eigenvalue weighted by molar-refractivity contribution is 9.10. The van der Waals surface area contributed by atoms with Gasteiger partial charge in [-0.2, -0.15) is 0 Å². The summed E-state index contributed by atoms with van der Waals surface area (Å²) in [5.41, 5.74) is 3.79. The predicted octanol–water partition coefficient (Wildman–Crippen LogP) is 6.09. The van der Waals surface area contributed by atoms with Gasteiger partial charge in [-0.05, 0) is 76.0 Å². The van der Waals surface area contributed by atoms with Gasteiger partial charge in [-0.1, -0.05) is 46.7 Å². The fourth-order valence-electron chi connectivity index (χ4n) is 4.49. The fourth-order valence-corrected chi connectivity index (χ4v) is 5.58. The summed E-state index contributed by atoms with van der Waals surface area (Å²) in [6.07, 6.45) is 5.86. The third-order valence-corrected chi connectivity index (χ3v) is 8.01. The Bertz CT molecular complexity index is 681. The molecule has 1 aromatic rings. The first-order valence-electron chi connectivity index (χ1n) is 9.46. The van der Waals surface area contributed by atoms with Gasteiger partial charge in [0.25, 0.3) is 0 Å². The zero-order chi connectivity index (χ0) is 18.4. The molecule has 0 bridgehead atoms. The van der Waals surface area contributed by atoms with E-state index in [1.807, 2.05) is 20.8 Å². The number of fused-ring (bicyclic) bond motifs is 1. The maximum atomic E-state index is 12.9. The lowest BCUT2D eigenvalue weighted by Gasteiger charge is -2.41. The molecule has 0 amide bonds. The van der Waals surface area contributed by atoms with Crippen LogP contribution in [0.4, 0.5) is 0 Å². The summed E-state index contributed by atoms with van der Waals surface area (Å²) in [6.45, 7) is 10.7. The van der Waals surface area contributed by atoms with Crippen molar-refractivity contribution in [3.8, 4) is 0 Å². The van der Waals surface area contributed by atoms with E-state index in [0.29, 0.717) is 0 Å². The number of halogens is 1. The van der Waals surface area contributed by atoms with E-state index >= 15 is 0 Å². The van der Waals surface area contributed by atoms with Gasteiger partial charge in [0, 0.05) is 15.5 Å². The van der Waals surface area contributed by atoms with Crippen LogP contribution in [0.2, 0.25) is 0 Å². The number of benzene rings is 1. The molecule has 2 nitrogen and oxygen atoms in total. The van der Waals surface area contributed by atoms with Gasteiger partial charge in [0.1, 0.15) is 21.8 Å². The van der Waals surface area contributed by atoms with Crippen molar-refractivity contribution in [3.05, 3.63) is 33.8 Å². The van der Waals surface area contributed by atoms with Gasteiger partial charge in [0.15, 0.2) is 0 Å². The molecule has 3 rings (SSSR count). The molecule has 1 saturated carbocycles. The lowest BCUT2D eigenvalue weighted by Crippen LogP contribution is -2.39. The summed E-state index contributed by atoms with van der Waals surface area (Å²) in [5, 5.41) is 0. The number of nitrogens with zero attached hydrogens (tertiary/aromatic N) is 1. The van der Waals surface area contributed by atoms with Crippen molar-refractivity contribution < 1.29 is 4.55 Å². The summed E-state index contributed by atoms with van der Waals surface area (Å²) in [7, 11) is 0. The van der Waals surface area contributed by atoms with Crippen LogP contribution in [0.15, 0.2) is 27.1 Å². The first kappa shape index (κ1) is 19.4. The molecule has 0 aromatic heterocycles. The molecule has 4 heteroatoms. The lowest BCUT2D eigenvalue weighted by atomic mass is 9.63. The van der Waals surface area contributed by atoms with Crippen LogP contribution in [-0.2, 0) is 17.8 Å². The average Bonchev–Trinajstić information content (AvgIpc) is 2.82. The second-order valence-electron chi connectivity index (χ2n) is 8.95. The molecular weight excluding hydrogens is 394 g/mol. The highest BCUT2D eigenvalue weighted by Crippen LogP contribution is 2.52. The summed E-state index contributed by atoms with van der Waals surface area (Å²) in [6, 6.07) is 6.53. The van der Waals surface area contributed by atoms with Crippen molar-refractivity contribution in [1.82, 2.24) is 0 Å². The standard InChI is InChI=1S/C21H30BrNOS/c1-6-15-12-21(10-9-14(15)2)13-16-7-8-17(22)11-18(16)19(21)23-25(24)20(3,4)5/h7-8,11,14-15H,6,9-10,12-13H2,1-5H3/b23-19-/t14-,15-,21-,25?/m1/s1. The molecule has 4 atom stereocenters. The molecule has 1 spiro atoms. The Morgan fingerprint density at radius 3 is 2.72 bits per heavy atom. The maximum absolute atomic E-state index is 12.9. The van der Waals surface area contributed by atoms with Crippen molar-refractivity contribution in [3.63, 3.8) is 0 Å². The summed E-state index contributed by atoms with van der Waals surface area (Å²) < 4.78 is 18.5. The smallest absolute Gasteiger partial charge is 0.144 e.